The summed E-state index contributed by atoms with van der Waals surface area (Å²) in [7, 11) is 1.64. The van der Waals surface area contributed by atoms with Gasteiger partial charge in [0.05, 0.1) is 24.4 Å². The predicted octanol–water partition coefficient (Wildman–Crippen LogP) is 3.56. The summed E-state index contributed by atoms with van der Waals surface area (Å²) >= 11 is 0. The van der Waals surface area contributed by atoms with E-state index in [1.165, 1.54) is 25.7 Å². The molecular formula is C15H20N2O. The van der Waals surface area contributed by atoms with Crippen molar-refractivity contribution in [1.29, 1.82) is 5.26 Å². The smallest absolute Gasteiger partial charge is 0.143 e. The first-order valence-corrected chi connectivity index (χ1v) is 6.57. The topological polar surface area (TPSA) is 45.0 Å². The molecule has 3 heteroatoms. The van der Waals surface area contributed by atoms with Crippen LogP contribution in [0.2, 0.25) is 0 Å². The van der Waals surface area contributed by atoms with Crippen LogP contribution in [0.1, 0.15) is 38.2 Å². The van der Waals surface area contributed by atoms with Gasteiger partial charge in [0.1, 0.15) is 5.75 Å². The molecule has 1 aromatic carbocycles. The zero-order valence-electron chi connectivity index (χ0n) is 11.1. The summed E-state index contributed by atoms with van der Waals surface area (Å²) in [5.41, 5.74) is 1.60. The van der Waals surface area contributed by atoms with E-state index in [1.54, 1.807) is 13.2 Å². The number of hydrogen-bond acceptors (Lipinski definition) is 3. The molecule has 0 saturated heterocycles. The molecule has 2 rings (SSSR count). The van der Waals surface area contributed by atoms with Gasteiger partial charge in [0, 0.05) is 12.1 Å². The molecule has 96 valence electrons. The van der Waals surface area contributed by atoms with Gasteiger partial charge in [-0.3, -0.25) is 0 Å². The molecule has 1 fully saturated rings. The van der Waals surface area contributed by atoms with Crippen molar-refractivity contribution < 1.29 is 4.74 Å². The minimum atomic E-state index is 0.442. The molecule has 1 N–H and O–H groups in total. The number of benzene rings is 1. The van der Waals surface area contributed by atoms with E-state index in [-0.39, 0.29) is 0 Å². The third-order valence-corrected chi connectivity index (χ3v) is 3.64. The fourth-order valence-corrected chi connectivity index (χ4v) is 2.43. The Balaban J connectivity index is 2.01. The quantitative estimate of drug-likeness (QED) is 0.861. The summed E-state index contributed by atoms with van der Waals surface area (Å²) in [6.45, 7) is 2.20. The van der Waals surface area contributed by atoms with Gasteiger partial charge in [-0.05, 0) is 31.4 Å². The fourth-order valence-electron chi connectivity index (χ4n) is 2.43. The zero-order valence-corrected chi connectivity index (χ0v) is 11.1. The van der Waals surface area contributed by atoms with Crippen molar-refractivity contribution in [3.63, 3.8) is 0 Å². The average Bonchev–Trinajstić information content (AvgIpc) is 2.34. The van der Waals surface area contributed by atoms with Crippen LogP contribution in [0, 0.1) is 17.2 Å². The van der Waals surface area contributed by atoms with E-state index in [1.807, 2.05) is 12.1 Å². The molecule has 0 aliphatic heterocycles. The maximum absolute atomic E-state index is 8.86. The molecule has 1 aliphatic carbocycles. The van der Waals surface area contributed by atoms with Crippen LogP contribution in [0.3, 0.4) is 0 Å². The highest BCUT2D eigenvalue weighted by Crippen LogP contribution is 2.32. The van der Waals surface area contributed by atoms with Crippen molar-refractivity contribution in [2.45, 2.75) is 38.6 Å². The Bertz CT molecular complexity index is 446. The molecule has 0 spiro atoms. The van der Waals surface area contributed by atoms with Crippen molar-refractivity contribution in [3.8, 4) is 11.8 Å². The van der Waals surface area contributed by atoms with Gasteiger partial charge in [-0.15, -0.1) is 0 Å². The second kappa shape index (κ2) is 5.77. The Hall–Kier alpha value is -1.69. The van der Waals surface area contributed by atoms with Gasteiger partial charge in [-0.2, -0.15) is 5.26 Å². The number of ether oxygens (including phenoxy) is 1. The largest absolute Gasteiger partial charge is 0.495 e. The molecule has 1 saturated carbocycles. The summed E-state index contributed by atoms with van der Waals surface area (Å²) in [5, 5.41) is 12.3. The van der Waals surface area contributed by atoms with Crippen LogP contribution >= 0.6 is 0 Å². The van der Waals surface area contributed by atoms with Crippen LogP contribution in [-0.2, 0) is 0 Å². The molecule has 0 aromatic heterocycles. The van der Waals surface area contributed by atoms with Crippen molar-refractivity contribution >= 4 is 5.69 Å². The SMILES string of the molecule is COc1cc(C#N)ccc1NC(C)CC1CCC1. The average molecular weight is 244 g/mol. The Morgan fingerprint density at radius 3 is 2.83 bits per heavy atom. The number of hydrogen-bond donors (Lipinski definition) is 1. The molecule has 18 heavy (non-hydrogen) atoms. The zero-order chi connectivity index (χ0) is 13.0. The van der Waals surface area contributed by atoms with E-state index in [4.69, 9.17) is 10.00 Å². The first-order chi connectivity index (χ1) is 8.72. The summed E-state index contributed by atoms with van der Waals surface area (Å²) in [6.07, 6.45) is 5.34. The maximum atomic E-state index is 8.86. The molecule has 3 nitrogen and oxygen atoms in total. The normalized spacial score (nSPS) is 16.5. The van der Waals surface area contributed by atoms with Crippen LogP contribution in [0.25, 0.3) is 0 Å². The van der Waals surface area contributed by atoms with E-state index >= 15 is 0 Å². The lowest BCUT2D eigenvalue weighted by molar-refractivity contribution is 0.285. The molecule has 0 amide bonds. The van der Waals surface area contributed by atoms with Crippen molar-refractivity contribution in [2.75, 3.05) is 12.4 Å². The first-order valence-electron chi connectivity index (χ1n) is 6.57. The molecule has 1 unspecified atom stereocenters. The van der Waals surface area contributed by atoms with Crippen LogP contribution < -0.4 is 10.1 Å². The Morgan fingerprint density at radius 2 is 2.28 bits per heavy atom. The Labute approximate surface area is 109 Å². The third kappa shape index (κ3) is 2.95. The predicted molar refractivity (Wildman–Crippen MR) is 72.8 cm³/mol. The molecule has 0 bridgehead atoms. The standard InChI is InChI=1S/C15H20N2O/c1-11(8-12-4-3-5-12)17-14-7-6-13(10-16)9-15(14)18-2/h6-7,9,11-12,17H,3-5,8H2,1-2H3. The highest BCUT2D eigenvalue weighted by atomic mass is 16.5. The summed E-state index contributed by atoms with van der Waals surface area (Å²) in [5.74, 6) is 1.63. The van der Waals surface area contributed by atoms with Gasteiger partial charge in [0.2, 0.25) is 0 Å². The second-order valence-corrected chi connectivity index (χ2v) is 5.10. The Kier molecular flexibility index (Phi) is 4.09. The van der Waals surface area contributed by atoms with Gasteiger partial charge in [0.25, 0.3) is 0 Å². The number of anilines is 1. The number of nitrogens with zero attached hydrogens (tertiary/aromatic N) is 1. The number of nitriles is 1. The number of nitrogens with one attached hydrogen (secondary N) is 1. The van der Waals surface area contributed by atoms with Crippen LogP contribution in [0.4, 0.5) is 5.69 Å². The van der Waals surface area contributed by atoms with E-state index in [2.05, 4.69) is 18.3 Å². The molecular weight excluding hydrogens is 224 g/mol. The van der Waals surface area contributed by atoms with Crippen LogP contribution in [-0.4, -0.2) is 13.2 Å². The molecule has 1 atom stereocenters. The van der Waals surface area contributed by atoms with Crippen molar-refractivity contribution in [1.82, 2.24) is 0 Å². The van der Waals surface area contributed by atoms with E-state index in [0.29, 0.717) is 11.6 Å². The highest BCUT2D eigenvalue weighted by molar-refractivity contribution is 5.59. The van der Waals surface area contributed by atoms with Gasteiger partial charge >= 0.3 is 0 Å². The molecule has 1 aliphatic rings. The minimum absolute atomic E-state index is 0.442. The lowest BCUT2D eigenvalue weighted by Crippen LogP contribution is -2.23. The fraction of sp³-hybridized carbons (Fsp3) is 0.533. The van der Waals surface area contributed by atoms with Crippen molar-refractivity contribution in [2.24, 2.45) is 5.92 Å². The number of methoxy groups -OCH3 is 1. The summed E-state index contributed by atoms with van der Waals surface area (Å²) in [6, 6.07) is 8.09. The van der Waals surface area contributed by atoms with Crippen LogP contribution in [0.5, 0.6) is 5.75 Å². The minimum Gasteiger partial charge on any atom is -0.495 e. The lowest BCUT2D eigenvalue weighted by Gasteiger charge is -2.29. The summed E-state index contributed by atoms with van der Waals surface area (Å²) < 4.78 is 5.32. The van der Waals surface area contributed by atoms with E-state index in [0.717, 1.165) is 17.4 Å². The second-order valence-electron chi connectivity index (χ2n) is 5.10. The Morgan fingerprint density at radius 1 is 1.50 bits per heavy atom. The monoisotopic (exact) mass is 244 g/mol. The lowest BCUT2D eigenvalue weighted by atomic mass is 9.81. The van der Waals surface area contributed by atoms with Crippen molar-refractivity contribution in [3.05, 3.63) is 23.8 Å². The third-order valence-electron chi connectivity index (χ3n) is 3.64. The van der Waals surface area contributed by atoms with Crippen LogP contribution in [0.15, 0.2) is 18.2 Å². The molecule has 0 heterocycles. The van der Waals surface area contributed by atoms with Gasteiger partial charge in [-0.1, -0.05) is 19.3 Å². The molecule has 1 aromatic rings. The summed E-state index contributed by atoms with van der Waals surface area (Å²) in [4.78, 5) is 0. The maximum Gasteiger partial charge on any atom is 0.143 e. The first kappa shape index (κ1) is 12.8. The molecule has 0 radical (unpaired) electrons. The number of rotatable bonds is 5. The highest BCUT2D eigenvalue weighted by Gasteiger charge is 2.20. The van der Waals surface area contributed by atoms with Gasteiger partial charge in [0.15, 0.2) is 0 Å². The van der Waals surface area contributed by atoms with Gasteiger partial charge < -0.3 is 10.1 Å². The van der Waals surface area contributed by atoms with E-state index in [9.17, 15) is 0 Å². The van der Waals surface area contributed by atoms with E-state index < -0.39 is 0 Å². The van der Waals surface area contributed by atoms with Gasteiger partial charge in [-0.25, -0.2) is 0 Å².